The van der Waals surface area contributed by atoms with Crippen LogP contribution >= 0.6 is 11.7 Å². The van der Waals surface area contributed by atoms with Gasteiger partial charge in [-0.2, -0.15) is 8.75 Å². The van der Waals surface area contributed by atoms with Crippen molar-refractivity contribution in [2.75, 3.05) is 6.54 Å². The molecule has 0 saturated heterocycles. The Morgan fingerprint density at radius 1 is 1.38 bits per heavy atom. The van der Waals surface area contributed by atoms with Crippen molar-refractivity contribution in [3.05, 3.63) is 18.2 Å². The molecule has 0 bridgehead atoms. The van der Waals surface area contributed by atoms with Crippen molar-refractivity contribution in [3.8, 4) is 0 Å². The number of benzene rings is 1. The summed E-state index contributed by atoms with van der Waals surface area (Å²) in [6, 6.07) is 4.96. The summed E-state index contributed by atoms with van der Waals surface area (Å²) < 4.78 is 34.4. The van der Waals surface area contributed by atoms with E-state index in [4.69, 9.17) is 0 Å². The Labute approximate surface area is 97.9 Å². The zero-order valence-corrected chi connectivity index (χ0v) is 10.3. The Kier molecular flexibility index (Phi) is 3.17. The summed E-state index contributed by atoms with van der Waals surface area (Å²) >= 11 is 1.01. The Morgan fingerprint density at radius 2 is 2.19 bits per heavy atom. The summed E-state index contributed by atoms with van der Waals surface area (Å²) in [4.78, 5) is 0.201. The van der Waals surface area contributed by atoms with E-state index in [1.165, 1.54) is 0 Å². The van der Waals surface area contributed by atoms with Gasteiger partial charge in [-0.15, -0.1) is 0 Å². The van der Waals surface area contributed by atoms with Gasteiger partial charge in [0.05, 0.1) is 11.7 Å². The smallest absolute Gasteiger partial charge is 0.211 e. The van der Waals surface area contributed by atoms with Crippen LogP contribution in [0, 0.1) is 0 Å². The summed E-state index contributed by atoms with van der Waals surface area (Å²) in [7, 11) is -3.46. The molecular formula is C9H11N3O2S2. The lowest BCUT2D eigenvalue weighted by atomic mass is 10.3. The summed E-state index contributed by atoms with van der Waals surface area (Å²) in [5.41, 5.74) is 1.06. The first-order chi connectivity index (χ1) is 7.65. The van der Waals surface area contributed by atoms with Gasteiger partial charge in [-0.1, -0.05) is 13.0 Å². The van der Waals surface area contributed by atoms with Crippen molar-refractivity contribution >= 4 is 32.8 Å². The number of nitrogens with zero attached hydrogens (tertiary/aromatic N) is 2. The number of nitrogens with one attached hydrogen (secondary N) is 1. The van der Waals surface area contributed by atoms with Crippen molar-refractivity contribution < 1.29 is 8.42 Å². The van der Waals surface area contributed by atoms with Gasteiger partial charge >= 0.3 is 0 Å². The highest BCUT2D eigenvalue weighted by Gasteiger charge is 2.18. The van der Waals surface area contributed by atoms with Crippen LogP contribution in [0.2, 0.25) is 0 Å². The van der Waals surface area contributed by atoms with E-state index in [1.54, 1.807) is 18.2 Å². The quantitative estimate of drug-likeness (QED) is 0.898. The highest BCUT2D eigenvalue weighted by molar-refractivity contribution is 7.89. The lowest BCUT2D eigenvalue weighted by molar-refractivity contribution is 0.581. The molecule has 0 aliphatic heterocycles. The molecule has 0 fully saturated rings. The van der Waals surface area contributed by atoms with Crippen molar-refractivity contribution in [2.45, 2.75) is 18.2 Å². The van der Waals surface area contributed by atoms with Gasteiger partial charge in [0.2, 0.25) is 10.0 Å². The molecule has 7 heteroatoms. The zero-order valence-electron chi connectivity index (χ0n) is 8.67. The van der Waals surface area contributed by atoms with Crippen molar-refractivity contribution in [3.63, 3.8) is 0 Å². The van der Waals surface area contributed by atoms with Crippen LogP contribution in [-0.2, 0) is 10.0 Å². The molecule has 1 aromatic carbocycles. The standard InChI is InChI=1S/C9H11N3O2S2/c1-2-6-10-16(13,14)8-5-3-4-7-9(8)12-15-11-7/h3-5,10H,2,6H2,1H3. The van der Waals surface area contributed by atoms with E-state index >= 15 is 0 Å². The predicted octanol–water partition coefficient (Wildman–Crippen LogP) is 1.38. The summed E-state index contributed by atoms with van der Waals surface area (Å²) in [5.74, 6) is 0. The number of fused-ring (bicyclic) bond motifs is 1. The van der Waals surface area contributed by atoms with Crippen LogP contribution in [0.1, 0.15) is 13.3 Å². The number of hydrogen-bond acceptors (Lipinski definition) is 5. The average molecular weight is 257 g/mol. The van der Waals surface area contributed by atoms with Crippen LogP contribution < -0.4 is 4.72 Å². The third-order valence-electron chi connectivity index (χ3n) is 2.08. The SMILES string of the molecule is CCCNS(=O)(=O)c1cccc2nsnc12. The van der Waals surface area contributed by atoms with Gasteiger partial charge < -0.3 is 0 Å². The second kappa shape index (κ2) is 4.44. The lowest BCUT2D eigenvalue weighted by Crippen LogP contribution is -2.24. The van der Waals surface area contributed by atoms with E-state index in [9.17, 15) is 8.42 Å². The monoisotopic (exact) mass is 257 g/mol. The first-order valence-corrected chi connectivity index (χ1v) is 7.07. The minimum atomic E-state index is -3.46. The average Bonchev–Trinajstić information content (AvgIpc) is 2.73. The zero-order chi connectivity index (χ0) is 11.6. The molecule has 1 N–H and O–H groups in total. The highest BCUT2D eigenvalue weighted by Crippen LogP contribution is 2.20. The summed E-state index contributed by atoms with van der Waals surface area (Å²) in [6.45, 7) is 2.34. The van der Waals surface area contributed by atoms with Crippen LogP contribution in [0.4, 0.5) is 0 Å². The van der Waals surface area contributed by atoms with Crippen LogP contribution in [-0.4, -0.2) is 23.7 Å². The molecule has 2 aromatic rings. The fourth-order valence-corrected chi connectivity index (χ4v) is 3.21. The van der Waals surface area contributed by atoms with Crippen molar-refractivity contribution in [1.29, 1.82) is 0 Å². The van der Waals surface area contributed by atoms with Gasteiger partial charge in [0.15, 0.2) is 0 Å². The Morgan fingerprint density at radius 3 is 2.94 bits per heavy atom. The van der Waals surface area contributed by atoms with Crippen molar-refractivity contribution in [1.82, 2.24) is 13.5 Å². The van der Waals surface area contributed by atoms with Gasteiger partial charge in [-0.05, 0) is 18.6 Å². The number of hydrogen-bond donors (Lipinski definition) is 1. The molecule has 0 spiro atoms. The topological polar surface area (TPSA) is 72.0 Å². The molecule has 0 saturated carbocycles. The lowest BCUT2D eigenvalue weighted by Gasteiger charge is -2.05. The normalized spacial score (nSPS) is 12.1. The first-order valence-electron chi connectivity index (χ1n) is 4.86. The molecule has 0 aliphatic rings. The third-order valence-corrected chi connectivity index (χ3v) is 4.12. The maximum absolute atomic E-state index is 11.9. The molecule has 86 valence electrons. The van der Waals surface area contributed by atoms with Crippen molar-refractivity contribution in [2.24, 2.45) is 0 Å². The molecule has 0 aliphatic carbocycles. The minimum absolute atomic E-state index is 0.201. The van der Waals surface area contributed by atoms with E-state index in [1.807, 2.05) is 6.92 Å². The molecule has 0 unspecified atom stereocenters. The fraction of sp³-hybridized carbons (Fsp3) is 0.333. The van der Waals surface area contributed by atoms with E-state index in [0.29, 0.717) is 17.6 Å². The molecule has 16 heavy (non-hydrogen) atoms. The molecule has 0 radical (unpaired) electrons. The van der Waals surface area contributed by atoms with Gasteiger partial charge in [-0.3, -0.25) is 0 Å². The van der Waals surface area contributed by atoms with E-state index < -0.39 is 10.0 Å². The molecular weight excluding hydrogens is 246 g/mol. The third kappa shape index (κ3) is 2.06. The second-order valence-electron chi connectivity index (χ2n) is 3.29. The minimum Gasteiger partial charge on any atom is -0.211 e. The van der Waals surface area contributed by atoms with E-state index in [2.05, 4.69) is 13.5 Å². The predicted molar refractivity (Wildman–Crippen MR) is 62.9 cm³/mol. The highest BCUT2D eigenvalue weighted by atomic mass is 32.2. The Hall–Kier alpha value is -1.05. The van der Waals surface area contributed by atoms with Crippen LogP contribution in [0.3, 0.4) is 0 Å². The molecule has 1 heterocycles. The van der Waals surface area contributed by atoms with Gasteiger partial charge in [-0.25, -0.2) is 13.1 Å². The Balaban J connectivity index is 2.50. The number of rotatable bonds is 4. The number of aromatic nitrogens is 2. The molecule has 1 aromatic heterocycles. The van der Waals surface area contributed by atoms with Crippen LogP contribution in [0.15, 0.2) is 23.1 Å². The molecule has 0 amide bonds. The van der Waals surface area contributed by atoms with E-state index in [0.717, 1.165) is 18.1 Å². The van der Waals surface area contributed by atoms with Crippen LogP contribution in [0.25, 0.3) is 11.0 Å². The maximum Gasteiger partial charge on any atom is 0.242 e. The van der Waals surface area contributed by atoms with Gasteiger partial charge in [0.1, 0.15) is 15.9 Å². The summed E-state index contributed by atoms with van der Waals surface area (Å²) in [6.07, 6.45) is 0.754. The molecule has 0 atom stereocenters. The van der Waals surface area contributed by atoms with Gasteiger partial charge in [0.25, 0.3) is 0 Å². The first kappa shape index (κ1) is 11.4. The maximum atomic E-state index is 11.9. The molecule has 5 nitrogen and oxygen atoms in total. The summed E-state index contributed by atoms with van der Waals surface area (Å²) in [5, 5.41) is 0. The molecule has 2 rings (SSSR count). The largest absolute Gasteiger partial charge is 0.242 e. The fourth-order valence-electron chi connectivity index (χ4n) is 1.31. The number of sulfonamides is 1. The second-order valence-corrected chi connectivity index (χ2v) is 5.55. The van der Waals surface area contributed by atoms with Crippen LogP contribution in [0.5, 0.6) is 0 Å². The van der Waals surface area contributed by atoms with Gasteiger partial charge in [0, 0.05) is 6.54 Å². The van der Waals surface area contributed by atoms with E-state index in [-0.39, 0.29) is 4.90 Å². The Bertz CT molecular complexity index is 592.